The van der Waals surface area contributed by atoms with Crippen molar-refractivity contribution >= 4 is 51.5 Å². The third kappa shape index (κ3) is 6.63. The Bertz CT molecular complexity index is 1690. The number of amides is 1. The van der Waals surface area contributed by atoms with Crippen molar-refractivity contribution in [2.24, 2.45) is 0 Å². The number of hydrogen-bond donors (Lipinski definition) is 2. The SMILES string of the molecule is Cc1cccc(C)c1NC(=S)Cn1c(=O)n(CC2CCCS2)c(=O)c2ccc(C(=O)NCCc3ccccc3)cc21. The number of carbonyl (C=O) groups is 1. The molecule has 1 fully saturated rings. The summed E-state index contributed by atoms with van der Waals surface area (Å²) < 4.78 is 2.87. The summed E-state index contributed by atoms with van der Waals surface area (Å²) in [7, 11) is 0. The van der Waals surface area contributed by atoms with Gasteiger partial charge in [-0.25, -0.2) is 4.79 Å². The fourth-order valence-electron chi connectivity index (χ4n) is 5.27. The topological polar surface area (TPSA) is 85.1 Å². The molecule has 212 valence electrons. The van der Waals surface area contributed by atoms with Gasteiger partial charge in [-0.3, -0.25) is 18.7 Å². The van der Waals surface area contributed by atoms with E-state index >= 15 is 0 Å². The number of fused-ring (bicyclic) bond motifs is 1. The fraction of sp³-hybridized carbons (Fsp3) is 0.312. The van der Waals surface area contributed by atoms with E-state index in [1.165, 1.54) is 9.13 Å². The highest BCUT2D eigenvalue weighted by molar-refractivity contribution is 8.00. The van der Waals surface area contributed by atoms with Gasteiger partial charge in [-0.1, -0.05) is 60.7 Å². The summed E-state index contributed by atoms with van der Waals surface area (Å²) in [6, 6.07) is 20.9. The molecule has 2 heterocycles. The molecule has 3 aromatic carbocycles. The molecule has 0 bridgehead atoms. The Kier molecular flexibility index (Phi) is 9.05. The number of rotatable bonds is 9. The highest BCUT2D eigenvalue weighted by Gasteiger charge is 2.22. The van der Waals surface area contributed by atoms with E-state index in [1.807, 2.05) is 62.4 Å². The molecule has 0 spiro atoms. The summed E-state index contributed by atoms with van der Waals surface area (Å²) in [6.07, 6.45) is 2.76. The van der Waals surface area contributed by atoms with Crippen LogP contribution in [0, 0.1) is 13.8 Å². The number of hydrogen-bond acceptors (Lipinski definition) is 5. The van der Waals surface area contributed by atoms with E-state index in [4.69, 9.17) is 12.2 Å². The first kappa shape index (κ1) is 28.8. The average Bonchev–Trinajstić information content (AvgIpc) is 3.49. The van der Waals surface area contributed by atoms with Gasteiger partial charge in [0.1, 0.15) is 0 Å². The van der Waals surface area contributed by atoms with E-state index < -0.39 is 5.69 Å². The van der Waals surface area contributed by atoms with E-state index in [2.05, 4.69) is 10.6 Å². The summed E-state index contributed by atoms with van der Waals surface area (Å²) in [5.74, 6) is 0.776. The van der Waals surface area contributed by atoms with Crippen molar-refractivity contribution in [3.8, 4) is 0 Å². The number of nitrogens with zero attached hydrogens (tertiary/aromatic N) is 2. The lowest BCUT2D eigenvalue weighted by molar-refractivity contribution is 0.0954. The lowest BCUT2D eigenvalue weighted by atomic mass is 10.1. The van der Waals surface area contributed by atoms with Crippen LogP contribution in [0.1, 0.15) is 39.9 Å². The summed E-state index contributed by atoms with van der Waals surface area (Å²) in [5.41, 5.74) is 4.16. The molecule has 0 saturated carbocycles. The Morgan fingerprint density at radius 1 is 1.00 bits per heavy atom. The van der Waals surface area contributed by atoms with Crippen molar-refractivity contribution in [2.45, 2.75) is 51.4 Å². The monoisotopic (exact) mass is 586 g/mol. The molecule has 1 aromatic heterocycles. The number of thiocarbonyl (C=S) groups is 1. The van der Waals surface area contributed by atoms with Crippen LogP contribution in [0.5, 0.6) is 0 Å². The normalized spacial score (nSPS) is 14.7. The molecule has 1 amide bonds. The van der Waals surface area contributed by atoms with Gasteiger partial charge in [0.15, 0.2) is 0 Å². The van der Waals surface area contributed by atoms with Crippen molar-refractivity contribution in [3.63, 3.8) is 0 Å². The molecule has 0 aliphatic carbocycles. The molecular formula is C32H34N4O3S2. The zero-order valence-electron chi connectivity index (χ0n) is 23.3. The zero-order chi connectivity index (χ0) is 28.9. The van der Waals surface area contributed by atoms with Crippen molar-refractivity contribution < 1.29 is 4.79 Å². The Morgan fingerprint density at radius 3 is 2.46 bits per heavy atom. The van der Waals surface area contributed by atoms with Gasteiger partial charge < -0.3 is 10.6 Å². The number of nitrogens with one attached hydrogen (secondary N) is 2. The molecule has 4 aromatic rings. The van der Waals surface area contributed by atoms with Crippen LogP contribution in [0.2, 0.25) is 0 Å². The van der Waals surface area contributed by atoms with Gasteiger partial charge in [-0.05, 0) is 73.8 Å². The predicted molar refractivity (Wildman–Crippen MR) is 173 cm³/mol. The number of aryl methyl sites for hydroxylation is 2. The molecule has 1 atom stereocenters. The minimum absolute atomic E-state index is 0.0790. The van der Waals surface area contributed by atoms with E-state index in [-0.39, 0.29) is 23.3 Å². The second-order valence-electron chi connectivity index (χ2n) is 10.5. The summed E-state index contributed by atoms with van der Waals surface area (Å²) in [5, 5.41) is 6.88. The molecule has 0 radical (unpaired) electrons. The first-order chi connectivity index (χ1) is 19.8. The van der Waals surface area contributed by atoms with Crippen molar-refractivity contribution in [1.29, 1.82) is 0 Å². The first-order valence-corrected chi connectivity index (χ1v) is 15.3. The van der Waals surface area contributed by atoms with E-state index in [1.54, 1.807) is 30.0 Å². The van der Waals surface area contributed by atoms with Gasteiger partial charge in [0.25, 0.3) is 11.5 Å². The van der Waals surface area contributed by atoms with Gasteiger partial charge in [-0.15, -0.1) is 0 Å². The summed E-state index contributed by atoms with van der Waals surface area (Å²) in [6.45, 7) is 4.91. The maximum absolute atomic E-state index is 13.9. The van der Waals surface area contributed by atoms with Gasteiger partial charge in [0.05, 0.1) is 22.4 Å². The lowest BCUT2D eigenvalue weighted by Crippen LogP contribution is -2.43. The number of anilines is 1. The second-order valence-corrected chi connectivity index (χ2v) is 12.4. The van der Waals surface area contributed by atoms with Gasteiger partial charge in [-0.2, -0.15) is 11.8 Å². The average molecular weight is 587 g/mol. The molecule has 41 heavy (non-hydrogen) atoms. The van der Waals surface area contributed by atoms with E-state index in [0.717, 1.165) is 41.0 Å². The third-order valence-corrected chi connectivity index (χ3v) is 9.10. The molecule has 1 aliphatic rings. The number of benzene rings is 3. The molecular weight excluding hydrogens is 553 g/mol. The highest BCUT2D eigenvalue weighted by atomic mass is 32.2. The van der Waals surface area contributed by atoms with Gasteiger partial charge >= 0.3 is 5.69 Å². The standard InChI is InChI=1S/C32H34N4O3S2/c1-21-8-6-9-22(2)29(21)34-28(40)20-35-27-18-24(30(37)33-16-15-23-10-4-3-5-11-23)13-14-26(27)31(38)36(32(35)39)19-25-12-7-17-41-25/h3-6,8-11,13-14,18,25H,7,12,15-17,19-20H2,1-2H3,(H,33,37)(H,34,40). The molecule has 1 aliphatic heterocycles. The molecule has 2 N–H and O–H groups in total. The molecule has 1 unspecified atom stereocenters. The quantitative estimate of drug-likeness (QED) is 0.266. The fourth-order valence-corrected chi connectivity index (χ4v) is 6.75. The van der Waals surface area contributed by atoms with Crippen LogP contribution in [0.15, 0.2) is 76.3 Å². The molecule has 9 heteroatoms. The predicted octanol–water partition coefficient (Wildman–Crippen LogP) is 5.09. The van der Waals surface area contributed by atoms with E-state index in [0.29, 0.717) is 41.0 Å². The minimum Gasteiger partial charge on any atom is -0.352 e. The first-order valence-electron chi connectivity index (χ1n) is 13.9. The largest absolute Gasteiger partial charge is 0.352 e. The maximum Gasteiger partial charge on any atom is 0.331 e. The van der Waals surface area contributed by atoms with Crippen molar-refractivity contribution in [2.75, 3.05) is 17.6 Å². The van der Waals surface area contributed by atoms with Crippen LogP contribution in [0.4, 0.5) is 5.69 Å². The Labute approximate surface area is 249 Å². The third-order valence-electron chi connectivity index (χ3n) is 7.49. The summed E-state index contributed by atoms with van der Waals surface area (Å²) in [4.78, 5) is 40.9. The van der Waals surface area contributed by atoms with Crippen molar-refractivity contribution in [3.05, 3.63) is 110 Å². The van der Waals surface area contributed by atoms with Gasteiger partial charge in [0, 0.05) is 29.6 Å². The number of para-hydroxylation sites is 1. The van der Waals surface area contributed by atoms with Crippen LogP contribution in [0.3, 0.4) is 0 Å². The van der Waals surface area contributed by atoms with Crippen LogP contribution in [-0.2, 0) is 19.5 Å². The lowest BCUT2D eigenvalue weighted by Gasteiger charge is -2.19. The van der Waals surface area contributed by atoms with Crippen molar-refractivity contribution in [1.82, 2.24) is 14.5 Å². The van der Waals surface area contributed by atoms with Crippen LogP contribution < -0.4 is 21.9 Å². The van der Waals surface area contributed by atoms with Crippen LogP contribution >= 0.6 is 24.0 Å². The van der Waals surface area contributed by atoms with Gasteiger partial charge in [0.2, 0.25) is 0 Å². The highest BCUT2D eigenvalue weighted by Crippen LogP contribution is 2.27. The minimum atomic E-state index is -0.415. The Morgan fingerprint density at radius 2 is 1.76 bits per heavy atom. The Balaban J connectivity index is 1.48. The number of thioether (sulfide) groups is 1. The second kappa shape index (κ2) is 12.9. The number of carbonyl (C=O) groups excluding carboxylic acids is 1. The van der Waals surface area contributed by atoms with E-state index in [9.17, 15) is 14.4 Å². The maximum atomic E-state index is 13.9. The van der Waals surface area contributed by atoms with Crippen LogP contribution in [0.25, 0.3) is 10.9 Å². The summed E-state index contributed by atoms with van der Waals surface area (Å²) >= 11 is 7.52. The molecule has 5 rings (SSSR count). The molecule has 1 saturated heterocycles. The Hall–Kier alpha value is -3.69. The smallest absolute Gasteiger partial charge is 0.331 e. The molecule has 7 nitrogen and oxygen atoms in total. The number of aromatic nitrogens is 2. The zero-order valence-corrected chi connectivity index (χ0v) is 24.9. The van der Waals surface area contributed by atoms with Crippen LogP contribution in [-0.4, -0.2) is 37.6 Å².